The molecule has 134 valence electrons. The third-order valence-electron chi connectivity index (χ3n) is 4.38. The van der Waals surface area contributed by atoms with Crippen molar-refractivity contribution in [1.82, 2.24) is 15.5 Å². The molecule has 1 aliphatic rings. The first kappa shape index (κ1) is 19.2. The Morgan fingerprint density at radius 2 is 2.12 bits per heavy atom. The lowest BCUT2D eigenvalue weighted by Gasteiger charge is -2.32. The van der Waals surface area contributed by atoms with Crippen LogP contribution in [0.5, 0.6) is 0 Å². The summed E-state index contributed by atoms with van der Waals surface area (Å²) < 4.78 is 13.8. The number of nitrogens with zero attached hydrogens (tertiary/aromatic N) is 2. The number of halogens is 2. The van der Waals surface area contributed by atoms with E-state index in [0.29, 0.717) is 10.5 Å². The number of hydrogen-bond acceptors (Lipinski definition) is 2. The smallest absolute Gasteiger partial charge is 0.191 e. The van der Waals surface area contributed by atoms with E-state index in [4.69, 9.17) is 0 Å². The minimum atomic E-state index is -0.224. The summed E-state index contributed by atoms with van der Waals surface area (Å²) in [5.74, 6) is 0.628. The molecule has 0 spiro atoms. The van der Waals surface area contributed by atoms with Crippen molar-refractivity contribution >= 4 is 21.9 Å². The first-order chi connectivity index (χ1) is 11.6. The van der Waals surface area contributed by atoms with Gasteiger partial charge in [0.1, 0.15) is 5.82 Å². The van der Waals surface area contributed by atoms with Crippen LogP contribution in [0.25, 0.3) is 0 Å². The predicted octanol–water partition coefficient (Wildman–Crippen LogP) is 3.17. The Bertz CT molecular complexity index is 542. The molecule has 0 aliphatic carbocycles. The van der Waals surface area contributed by atoms with E-state index < -0.39 is 0 Å². The highest BCUT2D eigenvalue weighted by atomic mass is 79.9. The zero-order valence-corrected chi connectivity index (χ0v) is 16.2. The molecular formula is C18H28BrFN4. The molecule has 1 aromatic carbocycles. The lowest BCUT2D eigenvalue weighted by molar-refractivity contribution is 0.206. The van der Waals surface area contributed by atoms with Crippen LogP contribution in [0, 0.1) is 5.82 Å². The molecule has 0 radical (unpaired) electrons. The lowest BCUT2D eigenvalue weighted by atomic mass is 10.1. The second-order valence-corrected chi connectivity index (χ2v) is 7.11. The van der Waals surface area contributed by atoms with Crippen LogP contribution in [0.3, 0.4) is 0 Å². The maximum atomic E-state index is 13.2. The summed E-state index contributed by atoms with van der Waals surface area (Å²) in [7, 11) is 1.80. The van der Waals surface area contributed by atoms with E-state index in [1.54, 1.807) is 7.05 Å². The number of piperidine rings is 1. The molecule has 0 amide bonds. The Morgan fingerprint density at radius 1 is 1.38 bits per heavy atom. The fraction of sp³-hybridized carbons (Fsp3) is 0.611. The molecular weight excluding hydrogens is 371 g/mol. The Hall–Kier alpha value is -1.14. The lowest BCUT2D eigenvalue weighted by Crippen LogP contribution is -2.49. The van der Waals surface area contributed by atoms with Gasteiger partial charge in [-0.1, -0.05) is 13.0 Å². The van der Waals surface area contributed by atoms with Crippen LogP contribution < -0.4 is 10.6 Å². The van der Waals surface area contributed by atoms with Gasteiger partial charge in [-0.3, -0.25) is 4.99 Å². The van der Waals surface area contributed by atoms with Crippen LogP contribution in [0.4, 0.5) is 4.39 Å². The number of nitrogens with one attached hydrogen (secondary N) is 2. The third-order valence-corrected chi connectivity index (χ3v) is 4.99. The first-order valence-corrected chi connectivity index (χ1v) is 9.55. The molecule has 0 aromatic heterocycles. The van der Waals surface area contributed by atoms with Gasteiger partial charge in [-0.2, -0.15) is 0 Å². The van der Waals surface area contributed by atoms with E-state index >= 15 is 0 Å². The number of aliphatic imine (C=N–C) groups is 1. The molecule has 4 nitrogen and oxygen atoms in total. The molecule has 1 saturated heterocycles. The van der Waals surface area contributed by atoms with E-state index in [9.17, 15) is 4.39 Å². The molecule has 6 heteroatoms. The van der Waals surface area contributed by atoms with Crippen molar-refractivity contribution in [3.63, 3.8) is 0 Å². The maximum Gasteiger partial charge on any atom is 0.191 e. The fourth-order valence-electron chi connectivity index (χ4n) is 3.03. The summed E-state index contributed by atoms with van der Waals surface area (Å²) in [5.41, 5.74) is 1.10. The zero-order valence-electron chi connectivity index (χ0n) is 14.6. The van der Waals surface area contributed by atoms with Crippen LogP contribution in [0.1, 0.15) is 31.7 Å². The zero-order chi connectivity index (χ0) is 17.4. The number of benzene rings is 1. The van der Waals surface area contributed by atoms with Crippen molar-refractivity contribution in [2.45, 2.75) is 38.6 Å². The second kappa shape index (κ2) is 9.99. The summed E-state index contributed by atoms with van der Waals surface area (Å²) in [6.45, 7) is 6.52. The molecule has 1 heterocycles. The van der Waals surface area contributed by atoms with E-state index in [1.165, 1.54) is 19.0 Å². The van der Waals surface area contributed by atoms with Crippen molar-refractivity contribution < 1.29 is 4.39 Å². The highest BCUT2D eigenvalue weighted by molar-refractivity contribution is 9.10. The fourth-order valence-corrected chi connectivity index (χ4v) is 3.45. The van der Waals surface area contributed by atoms with Crippen molar-refractivity contribution in [2.75, 3.05) is 33.2 Å². The Kier molecular flexibility index (Phi) is 7.99. The van der Waals surface area contributed by atoms with Gasteiger partial charge in [0.2, 0.25) is 0 Å². The van der Waals surface area contributed by atoms with E-state index in [2.05, 4.69) is 43.4 Å². The Morgan fingerprint density at radius 3 is 2.75 bits per heavy atom. The minimum Gasteiger partial charge on any atom is -0.356 e. The third kappa shape index (κ3) is 6.06. The summed E-state index contributed by atoms with van der Waals surface area (Å²) in [6, 6.07) is 5.64. The highest BCUT2D eigenvalue weighted by Gasteiger charge is 2.19. The van der Waals surface area contributed by atoms with Crippen LogP contribution in [0.15, 0.2) is 27.7 Å². The first-order valence-electron chi connectivity index (χ1n) is 8.75. The Balaban J connectivity index is 1.72. The predicted molar refractivity (Wildman–Crippen MR) is 102 cm³/mol. The van der Waals surface area contributed by atoms with Crippen LogP contribution in [-0.2, 0) is 6.42 Å². The van der Waals surface area contributed by atoms with Gasteiger partial charge in [-0.05, 0) is 65.9 Å². The van der Waals surface area contributed by atoms with Gasteiger partial charge in [-0.25, -0.2) is 4.39 Å². The van der Waals surface area contributed by atoms with E-state index in [-0.39, 0.29) is 5.82 Å². The van der Waals surface area contributed by atoms with Crippen LogP contribution >= 0.6 is 15.9 Å². The summed E-state index contributed by atoms with van der Waals surface area (Å²) >= 11 is 3.23. The number of guanidine groups is 1. The van der Waals surface area contributed by atoms with Gasteiger partial charge in [0.15, 0.2) is 5.96 Å². The summed E-state index contributed by atoms with van der Waals surface area (Å²) in [4.78, 5) is 6.84. The minimum absolute atomic E-state index is 0.224. The van der Waals surface area contributed by atoms with Crippen LogP contribution in [-0.4, -0.2) is 50.1 Å². The van der Waals surface area contributed by atoms with Gasteiger partial charge >= 0.3 is 0 Å². The molecule has 2 N–H and O–H groups in total. The molecule has 0 unspecified atom stereocenters. The van der Waals surface area contributed by atoms with Crippen molar-refractivity contribution in [3.05, 3.63) is 34.1 Å². The summed E-state index contributed by atoms with van der Waals surface area (Å²) in [6.07, 6.45) is 4.37. The normalized spacial score (nSPS) is 17.1. The number of rotatable bonds is 6. The van der Waals surface area contributed by atoms with Gasteiger partial charge in [0.05, 0.1) is 4.47 Å². The molecule has 2 rings (SSSR count). The molecule has 1 fully saturated rings. The van der Waals surface area contributed by atoms with Gasteiger partial charge in [-0.15, -0.1) is 0 Å². The van der Waals surface area contributed by atoms with Gasteiger partial charge < -0.3 is 15.5 Å². The van der Waals surface area contributed by atoms with E-state index in [0.717, 1.165) is 50.4 Å². The molecule has 0 bridgehead atoms. The Labute approximate surface area is 153 Å². The standard InChI is InChI=1S/C18H28BrFN4/c1-3-10-24-11-7-15(8-12-24)23-18(21-2)22-9-6-14-4-5-17(20)16(19)13-14/h4-5,13,15H,3,6-12H2,1-2H3,(H2,21,22,23). The second-order valence-electron chi connectivity index (χ2n) is 6.26. The topological polar surface area (TPSA) is 39.7 Å². The van der Waals surface area contributed by atoms with Crippen LogP contribution in [0.2, 0.25) is 0 Å². The number of likely N-dealkylation sites (tertiary alicyclic amines) is 1. The average molecular weight is 399 g/mol. The van der Waals surface area contributed by atoms with Gasteiger partial charge in [0, 0.05) is 32.7 Å². The molecule has 24 heavy (non-hydrogen) atoms. The average Bonchev–Trinajstić information content (AvgIpc) is 2.59. The molecule has 1 aliphatic heterocycles. The van der Waals surface area contributed by atoms with Crippen molar-refractivity contribution in [2.24, 2.45) is 4.99 Å². The largest absolute Gasteiger partial charge is 0.356 e. The molecule has 1 aromatic rings. The quantitative estimate of drug-likeness (QED) is 0.570. The summed E-state index contributed by atoms with van der Waals surface area (Å²) in [5, 5.41) is 6.87. The van der Waals surface area contributed by atoms with E-state index in [1.807, 2.05) is 12.1 Å². The maximum absolute atomic E-state index is 13.2. The van der Waals surface area contributed by atoms with Gasteiger partial charge in [0.25, 0.3) is 0 Å². The molecule has 0 atom stereocenters. The highest BCUT2D eigenvalue weighted by Crippen LogP contribution is 2.17. The van der Waals surface area contributed by atoms with Crippen molar-refractivity contribution in [1.29, 1.82) is 0 Å². The molecule has 0 saturated carbocycles. The monoisotopic (exact) mass is 398 g/mol. The van der Waals surface area contributed by atoms with Crippen molar-refractivity contribution in [3.8, 4) is 0 Å². The SMILES string of the molecule is CCCN1CCC(NC(=NC)NCCc2ccc(F)c(Br)c2)CC1. The number of hydrogen-bond donors (Lipinski definition) is 2.